The third-order valence-electron chi connectivity index (χ3n) is 6.06. The Balaban J connectivity index is 1.71. The number of aromatic nitrogens is 2. The van der Waals surface area contributed by atoms with Crippen LogP contribution in [0.4, 0.5) is 0 Å². The highest BCUT2D eigenvalue weighted by atomic mass is 79.9. The van der Waals surface area contributed by atoms with Gasteiger partial charge >= 0.3 is 0 Å². The van der Waals surface area contributed by atoms with E-state index in [9.17, 15) is 9.59 Å². The third-order valence-corrected chi connectivity index (χ3v) is 6.59. The summed E-state index contributed by atoms with van der Waals surface area (Å²) in [6.07, 6.45) is 4.02. The molecule has 1 fully saturated rings. The molecule has 0 spiro atoms. The van der Waals surface area contributed by atoms with Gasteiger partial charge in [-0.3, -0.25) is 14.2 Å². The molecule has 4 aromatic rings. The Kier molecular flexibility index (Phi) is 5.89. The molecule has 1 aliphatic carbocycles. The zero-order valence-corrected chi connectivity index (χ0v) is 19.9. The van der Waals surface area contributed by atoms with Crippen molar-refractivity contribution in [1.82, 2.24) is 14.5 Å². The number of hydrogen-bond acceptors (Lipinski definition) is 4. The number of carbonyl (C=O) groups excluding carboxylic acids is 1. The zero-order valence-electron chi connectivity index (χ0n) is 18.3. The van der Waals surface area contributed by atoms with Crippen LogP contribution in [-0.2, 0) is 11.3 Å². The molecule has 33 heavy (non-hydrogen) atoms. The molecule has 2 aromatic heterocycles. The van der Waals surface area contributed by atoms with Gasteiger partial charge in [0.05, 0.1) is 35.4 Å². The zero-order chi connectivity index (χ0) is 22.9. The molecule has 0 N–H and O–H groups in total. The predicted octanol–water partition coefficient (Wildman–Crippen LogP) is 5.63. The molecule has 1 aliphatic rings. The van der Waals surface area contributed by atoms with Crippen molar-refractivity contribution >= 4 is 32.7 Å². The summed E-state index contributed by atoms with van der Waals surface area (Å²) < 4.78 is 8.15. The molecule has 0 radical (unpaired) electrons. The maximum absolute atomic E-state index is 13.7. The average molecular weight is 506 g/mol. The lowest BCUT2D eigenvalue weighted by atomic mass is 10.1. The molecule has 1 unspecified atom stereocenters. The second kappa shape index (κ2) is 8.98. The van der Waals surface area contributed by atoms with Gasteiger partial charge in [0.15, 0.2) is 0 Å². The van der Waals surface area contributed by atoms with Gasteiger partial charge in [-0.1, -0.05) is 35.0 Å². The van der Waals surface area contributed by atoms with Crippen LogP contribution in [-0.4, -0.2) is 20.4 Å². The smallest absolute Gasteiger partial charge is 0.266 e. The number of rotatable bonds is 7. The minimum Gasteiger partial charge on any atom is -0.467 e. The molecule has 5 rings (SSSR count). The van der Waals surface area contributed by atoms with Crippen molar-refractivity contribution in [2.75, 3.05) is 0 Å². The number of fused-ring (bicyclic) bond motifs is 1. The topological polar surface area (TPSA) is 68.3 Å². The molecule has 2 heterocycles. The van der Waals surface area contributed by atoms with Crippen molar-refractivity contribution in [3.05, 3.63) is 93.3 Å². The monoisotopic (exact) mass is 505 g/mol. The van der Waals surface area contributed by atoms with Gasteiger partial charge in [0, 0.05) is 10.4 Å². The number of hydrogen-bond donors (Lipinski definition) is 0. The van der Waals surface area contributed by atoms with Crippen molar-refractivity contribution in [3.8, 4) is 5.69 Å². The van der Waals surface area contributed by atoms with E-state index in [1.54, 1.807) is 16.9 Å². The first-order valence-corrected chi connectivity index (χ1v) is 12.0. The molecular weight excluding hydrogens is 482 g/mol. The fourth-order valence-corrected chi connectivity index (χ4v) is 4.50. The number of carbonyl (C=O) groups is 1. The number of para-hydroxylation sites is 1. The SMILES string of the molecule is CCC(c1nc2ccccc2c(=O)n1-c1ccc(Br)cc1)N(Cc1ccco1)C(=O)C1CC1. The number of benzene rings is 2. The molecule has 1 amide bonds. The molecule has 1 atom stereocenters. The van der Waals surface area contributed by atoms with Crippen molar-refractivity contribution < 1.29 is 9.21 Å². The molecule has 0 aliphatic heterocycles. The largest absolute Gasteiger partial charge is 0.467 e. The lowest BCUT2D eigenvalue weighted by molar-refractivity contribution is -0.136. The Morgan fingerprint density at radius 3 is 2.58 bits per heavy atom. The fraction of sp³-hybridized carbons (Fsp3) is 0.269. The number of furan rings is 1. The van der Waals surface area contributed by atoms with Crippen LogP contribution >= 0.6 is 15.9 Å². The summed E-state index contributed by atoms with van der Waals surface area (Å²) in [5.74, 6) is 1.38. The molecule has 0 bridgehead atoms. The third kappa shape index (κ3) is 4.25. The summed E-state index contributed by atoms with van der Waals surface area (Å²) in [5, 5.41) is 0.546. The minimum atomic E-state index is -0.385. The lowest BCUT2D eigenvalue weighted by Gasteiger charge is -2.32. The standard InChI is InChI=1S/C26H24BrN3O3/c1-2-23(29(25(31)17-9-10-17)16-20-6-5-15-33-20)24-28-22-8-4-3-7-21(22)26(32)30(24)19-13-11-18(27)12-14-19/h3-8,11-15,17,23H,2,9-10,16H2,1H3. The van der Waals surface area contributed by atoms with E-state index in [1.165, 1.54) is 0 Å². The first-order valence-electron chi connectivity index (χ1n) is 11.2. The van der Waals surface area contributed by atoms with Crippen LogP contribution < -0.4 is 5.56 Å². The van der Waals surface area contributed by atoms with Crippen molar-refractivity contribution in [3.63, 3.8) is 0 Å². The van der Waals surface area contributed by atoms with Gasteiger partial charge < -0.3 is 9.32 Å². The number of nitrogens with zero attached hydrogens (tertiary/aromatic N) is 3. The maximum Gasteiger partial charge on any atom is 0.266 e. The molecular formula is C26H24BrN3O3. The van der Waals surface area contributed by atoms with E-state index in [4.69, 9.17) is 9.40 Å². The van der Waals surface area contributed by atoms with Gasteiger partial charge in [-0.2, -0.15) is 0 Å². The first kappa shape index (κ1) is 21.6. The number of halogens is 1. The Labute approximate surface area is 200 Å². The number of amides is 1. The molecule has 7 heteroatoms. The van der Waals surface area contributed by atoms with Crippen LogP contribution in [0.1, 0.15) is 43.8 Å². The van der Waals surface area contributed by atoms with Gasteiger partial charge in [0.1, 0.15) is 11.6 Å². The van der Waals surface area contributed by atoms with Crippen molar-refractivity contribution in [1.29, 1.82) is 0 Å². The Bertz CT molecular complexity index is 1340. The molecule has 1 saturated carbocycles. The summed E-state index contributed by atoms with van der Waals surface area (Å²) >= 11 is 3.47. The van der Waals surface area contributed by atoms with E-state index in [2.05, 4.69) is 15.9 Å². The maximum atomic E-state index is 13.7. The summed E-state index contributed by atoms with van der Waals surface area (Å²) in [7, 11) is 0. The summed E-state index contributed by atoms with van der Waals surface area (Å²) in [4.78, 5) is 33.9. The second-order valence-electron chi connectivity index (χ2n) is 8.35. The van der Waals surface area contributed by atoms with Crippen LogP contribution in [0.5, 0.6) is 0 Å². The van der Waals surface area contributed by atoms with E-state index < -0.39 is 0 Å². The van der Waals surface area contributed by atoms with Crippen LogP contribution in [0.3, 0.4) is 0 Å². The van der Waals surface area contributed by atoms with E-state index in [0.717, 1.165) is 17.3 Å². The summed E-state index contributed by atoms with van der Waals surface area (Å²) in [6.45, 7) is 2.36. The molecule has 6 nitrogen and oxygen atoms in total. The van der Waals surface area contributed by atoms with Crippen LogP contribution in [0.2, 0.25) is 0 Å². The van der Waals surface area contributed by atoms with Crippen molar-refractivity contribution in [2.45, 2.75) is 38.8 Å². The van der Waals surface area contributed by atoms with Gasteiger partial charge in [0.2, 0.25) is 5.91 Å². The van der Waals surface area contributed by atoms with Crippen molar-refractivity contribution in [2.24, 2.45) is 5.92 Å². The highest BCUT2D eigenvalue weighted by molar-refractivity contribution is 9.10. The van der Waals surface area contributed by atoms with E-state index >= 15 is 0 Å². The molecule has 0 saturated heterocycles. The van der Waals surface area contributed by atoms with Gasteiger partial charge in [-0.25, -0.2) is 4.98 Å². The summed E-state index contributed by atoms with van der Waals surface area (Å²) in [6, 6.07) is 18.2. The summed E-state index contributed by atoms with van der Waals surface area (Å²) in [5.41, 5.74) is 1.20. The van der Waals surface area contributed by atoms with Crippen LogP contribution in [0.15, 0.2) is 80.6 Å². The quantitative estimate of drug-likeness (QED) is 0.326. The Morgan fingerprint density at radius 2 is 1.91 bits per heavy atom. The average Bonchev–Trinajstić information content (AvgIpc) is 3.56. The van der Waals surface area contributed by atoms with Crippen LogP contribution in [0, 0.1) is 5.92 Å². The van der Waals surface area contributed by atoms with E-state index in [1.807, 2.05) is 66.4 Å². The second-order valence-corrected chi connectivity index (χ2v) is 9.26. The fourth-order valence-electron chi connectivity index (χ4n) is 4.23. The highest BCUT2D eigenvalue weighted by Crippen LogP contribution is 2.36. The normalized spacial score (nSPS) is 14.4. The van der Waals surface area contributed by atoms with Gasteiger partial charge in [0.25, 0.3) is 5.56 Å². The van der Waals surface area contributed by atoms with Gasteiger partial charge in [-0.15, -0.1) is 0 Å². The van der Waals surface area contributed by atoms with Gasteiger partial charge in [-0.05, 0) is 67.8 Å². The predicted molar refractivity (Wildman–Crippen MR) is 130 cm³/mol. The highest BCUT2D eigenvalue weighted by Gasteiger charge is 2.38. The molecule has 168 valence electrons. The van der Waals surface area contributed by atoms with E-state index in [-0.39, 0.29) is 23.4 Å². The molecule has 2 aromatic carbocycles. The minimum absolute atomic E-state index is 0.0299. The Morgan fingerprint density at radius 1 is 1.15 bits per heavy atom. The Hall–Kier alpha value is -3.19. The first-order chi connectivity index (χ1) is 16.1. The lowest BCUT2D eigenvalue weighted by Crippen LogP contribution is -2.38. The van der Waals surface area contributed by atoms with Crippen LogP contribution in [0.25, 0.3) is 16.6 Å². The van der Waals surface area contributed by atoms with E-state index in [0.29, 0.717) is 41.1 Å².